The summed E-state index contributed by atoms with van der Waals surface area (Å²) in [5.41, 5.74) is 0.518. The van der Waals surface area contributed by atoms with Crippen LogP contribution in [0.25, 0.3) is 0 Å². The Morgan fingerprint density at radius 2 is 2.19 bits per heavy atom. The van der Waals surface area contributed by atoms with Gasteiger partial charge in [0.2, 0.25) is 0 Å². The summed E-state index contributed by atoms with van der Waals surface area (Å²) in [6.45, 7) is 6.31. The van der Waals surface area contributed by atoms with Gasteiger partial charge in [-0.1, -0.05) is 13.3 Å². The van der Waals surface area contributed by atoms with Crippen LogP contribution < -0.4 is 10.6 Å². The molecule has 0 aromatic carbocycles. The van der Waals surface area contributed by atoms with Crippen LogP contribution in [0.1, 0.15) is 42.5 Å². The third kappa shape index (κ3) is 5.39. The lowest BCUT2D eigenvalue weighted by atomic mass is 9.67. The van der Waals surface area contributed by atoms with Crippen LogP contribution in [-0.4, -0.2) is 31.1 Å². The largest absolute Gasteiger partial charge is 0.356 e. The molecule has 4 nitrogen and oxygen atoms in total. The number of aliphatic imine (C=N–C) groups is 1. The number of guanidine groups is 1. The second kappa shape index (κ2) is 8.92. The highest BCUT2D eigenvalue weighted by Crippen LogP contribution is 2.42. The van der Waals surface area contributed by atoms with E-state index in [1.165, 1.54) is 35.6 Å². The van der Waals surface area contributed by atoms with Gasteiger partial charge in [0.25, 0.3) is 0 Å². The van der Waals surface area contributed by atoms with E-state index in [2.05, 4.69) is 34.5 Å². The van der Waals surface area contributed by atoms with Crippen molar-refractivity contribution in [3.8, 4) is 0 Å². The van der Waals surface area contributed by atoms with Crippen LogP contribution in [0.15, 0.2) is 11.2 Å². The zero-order valence-electron chi connectivity index (χ0n) is 13.2. The molecule has 0 atom stereocenters. The second-order valence-electron chi connectivity index (χ2n) is 5.67. The molecule has 0 amide bonds. The minimum Gasteiger partial charge on any atom is -0.356 e. The van der Waals surface area contributed by atoms with E-state index < -0.39 is 0 Å². The van der Waals surface area contributed by atoms with Gasteiger partial charge in [-0.2, -0.15) is 0 Å². The molecule has 1 aliphatic carbocycles. The highest BCUT2D eigenvalue weighted by Gasteiger charge is 2.34. The second-order valence-corrected chi connectivity index (χ2v) is 6.99. The van der Waals surface area contributed by atoms with Gasteiger partial charge in [0.1, 0.15) is 0 Å². The van der Waals surface area contributed by atoms with Crippen LogP contribution in [0.4, 0.5) is 0 Å². The van der Waals surface area contributed by atoms with Crippen molar-refractivity contribution < 1.29 is 0 Å². The summed E-state index contributed by atoms with van der Waals surface area (Å²) in [5, 5.41) is 8.04. The average Bonchev–Trinajstić information content (AvgIpc) is 2.81. The highest BCUT2D eigenvalue weighted by atomic mass is 127. The number of aromatic nitrogens is 1. The summed E-state index contributed by atoms with van der Waals surface area (Å²) in [6.07, 6.45) is 8.24. The Morgan fingerprint density at radius 3 is 2.67 bits per heavy atom. The Balaban J connectivity index is 0.00000220. The maximum atomic E-state index is 4.38. The number of nitrogens with one attached hydrogen (secondary N) is 2. The smallest absolute Gasteiger partial charge is 0.191 e. The van der Waals surface area contributed by atoms with Crippen molar-refractivity contribution in [2.75, 3.05) is 20.1 Å². The summed E-state index contributed by atoms with van der Waals surface area (Å²) in [4.78, 5) is 9.95. The first-order valence-electron chi connectivity index (χ1n) is 7.53. The van der Waals surface area contributed by atoms with E-state index in [0.29, 0.717) is 5.41 Å². The average molecular weight is 422 g/mol. The summed E-state index contributed by atoms with van der Waals surface area (Å²) in [5.74, 6) is 0.915. The first-order chi connectivity index (χ1) is 9.67. The van der Waals surface area contributed by atoms with Gasteiger partial charge in [-0.15, -0.1) is 35.3 Å². The van der Waals surface area contributed by atoms with Crippen molar-refractivity contribution in [1.29, 1.82) is 0 Å². The zero-order valence-corrected chi connectivity index (χ0v) is 16.4. The fourth-order valence-corrected chi connectivity index (χ4v) is 3.42. The molecule has 1 aliphatic rings. The minimum atomic E-state index is 0. The van der Waals surface area contributed by atoms with Crippen LogP contribution in [-0.2, 0) is 6.42 Å². The number of thiazole rings is 1. The summed E-state index contributed by atoms with van der Waals surface area (Å²) < 4.78 is 0. The van der Waals surface area contributed by atoms with Gasteiger partial charge in [0.05, 0.1) is 5.01 Å². The predicted molar refractivity (Wildman–Crippen MR) is 102 cm³/mol. The quantitative estimate of drug-likeness (QED) is 0.420. The van der Waals surface area contributed by atoms with Gasteiger partial charge in [-0.3, -0.25) is 4.99 Å². The first kappa shape index (κ1) is 18.7. The maximum Gasteiger partial charge on any atom is 0.191 e. The van der Waals surface area contributed by atoms with Gasteiger partial charge in [-0.05, 0) is 31.6 Å². The molecule has 0 spiro atoms. The molecule has 1 heterocycles. The van der Waals surface area contributed by atoms with E-state index >= 15 is 0 Å². The highest BCUT2D eigenvalue weighted by molar-refractivity contribution is 14.0. The van der Waals surface area contributed by atoms with Crippen LogP contribution >= 0.6 is 35.3 Å². The monoisotopic (exact) mass is 422 g/mol. The molecule has 2 rings (SSSR count). The predicted octanol–water partition coefficient (Wildman–Crippen LogP) is 3.36. The lowest BCUT2D eigenvalue weighted by molar-refractivity contribution is 0.131. The van der Waals surface area contributed by atoms with Crippen molar-refractivity contribution in [2.45, 2.75) is 46.0 Å². The summed E-state index contributed by atoms with van der Waals surface area (Å²) in [6, 6.07) is 0. The number of aryl methyl sites for hydroxylation is 1. The molecule has 2 N–H and O–H groups in total. The molecule has 0 radical (unpaired) electrons. The molecule has 6 heteroatoms. The first-order valence-corrected chi connectivity index (χ1v) is 8.35. The van der Waals surface area contributed by atoms with Crippen molar-refractivity contribution in [2.24, 2.45) is 10.4 Å². The molecule has 0 aliphatic heterocycles. The van der Waals surface area contributed by atoms with Gasteiger partial charge in [0, 0.05) is 37.6 Å². The Labute approximate surface area is 149 Å². The molecular weight excluding hydrogens is 395 g/mol. The zero-order chi connectivity index (χ0) is 14.4. The molecule has 1 fully saturated rings. The Bertz CT molecular complexity index is 449. The fraction of sp³-hybridized carbons (Fsp3) is 0.733. The Hall–Kier alpha value is -0.370. The van der Waals surface area contributed by atoms with Crippen LogP contribution in [0, 0.1) is 12.3 Å². The van der Waals surface area contributed by atoms with E-state index in [-0.39, 0.29) is 24.0 Å². The normalized spacial score (nSPS) is 16.8. The Morgan fingerprint density at radius 1 is 1.43 bits per heavy atom. The Kier molecular flexibility index (Phi) is 7.94. The molecule has 120 valence electrons. The summed E-state index contributed by atoms with van der Waals surface area (Å²) in [7, 11) is 1.84. The van der Waals surface area contributed by atoms with Crippen molar-refractivity contribution in [3.63, 3.8) is 0 Å². The number of hydrogen-bond donors (Lipinski definition) is 2. The topological polar surface area (TPSA) is 49.3 Å². The summed E-state index contributed by atoms with van der Waals surface area (Å²) >= 11 is 1.77. The minimum absolute atomic E-state index is 0. The van der Waals surface area contributed by atoms with E-state index in [9.17, 15) is 0 Å². The molecule has 1 aromatic rings. The van der Waals surface area contributed by atoms with Crippen molar-refractivity contribution >= 4 is 41.3 Å². The number of halogens is 1. The van der Waals surface area contributed by atoms with Crippen LogP contribution in [0.3, 0.4) is 0 Å². The van der Waals surface area contributed by atoms with Crippen molar-refractivity contribution in [1.82, 2.24) is 15.6 Å². The van der Waals surface area contributed by atoms with Gasteiger partial charge in [-0.25, -0.2) is 4.98 Å². The van der Waals surface area contributed by atoms with E-state index in [1.807, 2.05) is 13.2 Å². The molecule has 1 aromatic heterocycles. The SMILES string of the molecule is CCC1(CNC(=NC)NCCc2ncc(C)s2)CCC1.I. The molecule has 21 heavy (non-hydrogen) atoms. The third-order valence-corrected chi connectivity index (χ3v) is 5.29. The standard InChI is InChI=1S/C15H26N4S.HI/c1-4-15(7-5-8-15)11-19-14(16-3)17-9-6-13-18-10-12(2)20-13;/h10H,4-9,11H2,1-3H3,(H2,16,17,19);1H. The van der Waals surface area contributed by atoms with Crippen LogP contribution in [0.5, 0.6) is 0 Å². The lowest BCUT2D eigenvalue weighted by Gasteiger charge is -2.41. The molecule has 0 bridgehead atoms. The molecule has 0 unspecified atom stereocenters. The van der Waals surface area contributed by atoms with Crippen molar-refractivity contribution in [3.05, 3.63) is 16.1 Å². The van der Waals surface area contributed by atoms with E-state index in [0.717, 1.165) is 25.5 Å². The molecule has 1 saturated carbocycles. The third-order valence-electron chi connectivity index (χ3n) is 4.32. The number of nitrogens with zero attached hydrogens (tertiary/aromatic N) is 2. The van der Waals surface area contributed by atoms with Crippen LogP contribution in [0.2, 0.25) is 0 Å². The number of hydrogen-bond acceptors (Lipinski definition) is 3. The van der Waals surface area contributed by atoms with Gasteiger partial charge < -0.3 is 10.6 Å². The van der Waals surface area contributed by atoms with Gasteiger partial charge >= 0.3 is 0 Å². The van der Waals surface area contributed by atoms with E-state index in [1.54, 1.807) is 11.3 Å². The van der Waals surface area contributed by atoms with Gasteiger partial charge in [0.15, 0.2) is 5.96 Å². The fourth-order valence-electron chi connectivity index (χ4n) is 2.63. The number of rotatable bonds is 6. The maximum absolute atomic E-state index is 4.38. The molecular formula is C15H27IN4S. The van der Waals surface area contributed by atoms with E-state index in [4.69, 9.17) is 0 Å². The lowest BCUT2D eigenvalue weighted by Crippen LogP contribution is -2.46. The molecule has 0 saturated heterocycles.